The van der Waals surface area contributed by atoms with Gasteiger partial charge in [-0.3, -0.25) is 0 Å². The maximum Gasteiger partial charge on any atom is 0.226 e. The van der Waals surface area contributed by atoms with Crippen molar-refractivity contribution in [2.24, 2.45) is 0 Å². The predicted molar refractivity (Wildman–Crippen MR) is 109 cm³/mol. The lowest BCUT2D eigenvalue weighted by atomic mass is 9.63. The summed E-state index contributed by atoms with van der Waals surface area (Å²) in [5.41, 5.74) is 5.64. The molecule has 2 aromatic rings. The lowest BCUT2D eigenvalue weighted by Gasteiger charge is -2.42. The number of piperidine rings is 1. The van der Waals surface area contributed by atoms with Crippen molar-refractivity contribution in [2.45, 2.75) is 70.1 Å². The number of hydrogen-bond donors (Lipinski definition) is 1. The van der Waals surface area contributed by atoms with Gasteiger partial charge in [0.1, 0.15) is 6.26 Å². The molecular weight excluding hydrogens is 344 g/mol. The number of hydrogen-bond acceptors (Lipinski definition) is 3. The van der Waals surface area contributed by atoms with Crippen LogP contribution < -0.4 is 5.32 Å². The van der Waals surface area contributed by atoms with Crippen LogP contribution in [0.2, 0.25) is 0 Å². The molecular formula is C22H31ClN2O. The highest BCUT2D eigenvalue weighted by Gasteiger charge is 2.37. The van der Waals surface area contributed by atoms with E-state index in [0.29, 0.717) is 5.92 Å². The van der Waals surface area contributed by atoms with Gasteiger partial charge in [-0.15, -0.1) is 12.4 Å². The summed E-state index contributed by atoms with van der Waals surface area (Å²) in [6, 6.07) is 6.83. The third-order valence-corrected chi connectivity index (χ3v) is 6.38. The second kappa shape index (κ2) is 7.01. The van der Waals surface area contributed by atoms with Crippen LogP contribution in [-0.4, -0.2) is 18.1 Å². The van der Waals surface area contributed by atoms with Crippen LogP contribution in [0, 0.1) is 0 Å². The molecule has 2 heterocycles. The van der Waals surface area contributed by atoms with Crippen molar-refractivity contribution in [1.29, 1.82) is 0 Å². The minimum atomic E-state index is 0. The van der Waals surface area contributed by atoms with Gasteiger partial charge in [-0.25, -0.2) is 4.98 Å². The number of halogens is 1. The normalized spacial score (nSPS) is 21.7. The summed E-state index contributed by atoms with van der Waals surface area (Å²) in [5, 5.41) is 3.42. The maximum atomic E-state index is 5.88. The first-order valence-corrected chi connectivity index (χ1v) is 9.68. The summed E-state index contributed by atoms with van der Waals surface area (Å²) in [5.74, 6) is 1.31. The van der Waals surface area contributed by atoms with E-state index in [1.165, 1.54) is 24.0 Å². The Hall–Kier alpha value is -1.32. The smallest absolute Gasteiger partial charge is 0.226 e. The topological polar surface area (TPSA) is 38.1 Å². The van der Waals surface area contributed by atoms with Gasteiger partial charge in [0.15, 0.2) is 0 Å². The van der Waals surface area contributed by atoms with Crippen LogP contribution in [0.3, 0.4) is 0 Å². The molecule has 2 aliphatic rings. The molecule has 0 saturated carbocycles. The van der Waals surface area contributed by atoms with Crippen LogP contribution in [0.1, 0.15) is 76.1 Å². The van der Waals surface area contributed by atoms with Crippen molar-refractivity contribution in [1.82, 2.24) is 10.3 Å². The van der Waals surface area contributed by atoms with Gasteiger partial charge in [0, 0.05) is 11.5 Å². The van der Waals surface area contributed by atoms with Crippen LogP contribution in [0.15, 0.2) is 28.9 Å². The molecule has 4 heteroatoms. The molecule has 1 saturated heterocycles. The SMILES string of the molecule is CC1(C)CCC(C)(C)c2cc(-c3nc(C4CCNCC4)co3)ccc21.Cl. The van der Waals surface area contributed by atoms with E-state index < -0.39 is 0 Å². The van der Waals surface area contributed by atoms with Crippen LogP contribution in [0.25, 0.3) is 11.5 Å². The third-order valence-electron chi connectivity index (χ3n) is 6.38. The minimum Gasteiger partial charge on any atom is -0.444 e. The molecule has 4 rings (SSSR count). The lowest BCUT2D eigenvalue weighted by Crippen LogP contribution is -2.33. The van der Waals surface area contributed by atoms with E-state index >= 15 is 0 Å². The first-order valence-electron chi connectivity index (χ1n) is 9.68. The van der Waals surface area contributed by atoms with E-state index in [1.807, 2.05) is 6.26 Å². The number of rotatable bonds is 2. The van der Waals surface area contributed by atoms with Crippen molar-refractivity contribution in [2.75, 3.05) is 13.1 Å². The average molecular weight is 375 g/mol. The first-order chi connectivity index (χ1) is 11.9. The highest BCUT2D eigenvalue weighted by Crippen LogP contribution is 2.46. The number of benzene rings is 1. The fourth-order valence-corrected chi connectivity index (χ4v) is 4.45. The number of oxazole rings is 1. The van der Waals surface area contributed by atoms with Crippen molar-refractivity contribution < 1.29 is 4.42 Å². The zero-order chi connectivity index (χ0) is 17.7. The molecule has 1 fully saturated rings. The van der Waals surface area contributed by atoms with Gasteiger partial charge in [0.05, 0.1) is 5.69 Å². The largest absolute Gasteiger partial charge is 0.444 e. The molecule has 1 aromatic carbocycles. The van der Waals surface area contributed by atoms with Crippen molar-refractivity contribution >= 4 is 12.4 Å². The summed E-state index contributed by atoms with van der Waals surface area (Å²) < 4.78 is 5.88. The number of aromatic nitrogens is 1. The van der Waals surface area contributed by atoms with E-state index in [-0.39, 0.29) is 23.2 Å². The van der Waals surface area contributed by atoms with Crippen LogP contribution >= 0.6 is 12.4 Å². The van der Waals surface area contributed by atoms with Gasteiger partial charge in [-0.05, 0) is 72.9 Å². The zero-order valence-corrected chi connectivity index (χ0v) is 17.2. The highest BCUT2D eigenvalue weighted by molar-refractivity contribution is 5.85. The van der Waals surface area contributed by atoms with Crippen molar-refractivity contribution in [3.8, 4) is 11.5 Å². The van der Waals surface area contributed by atoms with Gasteiger partial charge >= 0.3 is 0 Å². The monoisotopic (exact) mass is 374 g/mol. The third kappa shape index (κ3) is 3.44. The maximum absolute atomic E-state index is 5.88. The summed E-state index contributed by atoms with van der Waals surface area (Å²) in [7, 11) is 0. The standard InChI is InChI=1S/C22H30N2O.ClH/c1-21(2)9-10-22(3,4)18-13-16(5-6-17(18)21)20-24-19(14-25-20)15-7-11-23-12-8-15;/h5-6,13-15,23H,7-12H2,1-4H3;1H. The highest BCUT2D eigenvalue weighted by atomic mass is 35.5. The Kier molecular flexibility index (Phi) is 5.24. The second-order valence-electron chi connectivity index (χ2n) is 9.13. The molecule has 0 unspecified atom stereocenters. The van der Waals surface area contributed by atoms with Crippen LogP contribution in [0.5, 0.6) is 0 Å². The Morgan fingerprint density at radius 1 is 1.00 bits per heavy atom. The molecule has 1 aliphatic heterocycles. The molecule has 1 aliphatic carbocycles. The number of nitrogens with one attached hydrogen (secondary N) is 1. The van der Waals surface area contributed by atoms with Gasteiger partial charge < -0.3 is 9.73 Å². The molecule has 0 bridgehead atoms. The van der Waals surface area contributed by atoms with Crippen LogP contribution in [0.4, 0.5) is 0 Å². The summed E-state index contributed by atoms with van der Waals surface area (Å²) >= 11 is 0. The molecule has 142 valence electrons. The minimum absolute atomic E-state index is 0. The Morgan fingerprint density at radius 3 is 2.35 bits per heavy atom. The Labute approximate surface area is 163 Å². The van der Waals surface area contributed by atoms with Gasteiger partial charge in [-0.1, -0.05) is 33.8 Å². The molecule has 1 N–H and O–H groups in total. The second-order valence-corrected chi connectivity index (χ2v) is 9.13. The van der Waals surface area contributed by atoms with Crippen molar-refractivity contribution in [3.63, 3.8) is 0 Å². The molecule has 3 nitrogen and oxygen atoms in total. The van der Waals surface area contributed by atoms with E-state index in [2.05, 4.69) is 51.2 Å². The molecule has 0 spiro atoms. The number of fused-ring (bicyclic) bond motifs is 1. The van der Waals surface area contributed by atoms with Gasteiger partial charge in [-0.2, -0.15) is 0 Å². The zero-order valence-electron chi connectivity index (χ0n) is 16.4. The first kappa shape index (κ1) is 19.4. The molecule has 26 heavy (non-hydrogen) atoms. The fraction of sp³-hybridized carbons (Fsp3) is 0.591. The summed E-state index contributed by atoms with van der Waals surface area (Å²) in [6.07, 6.45) is 6.64. The molecule has 0 amide bonds. The van der Waals surface area contributed by atoms with Crippen LogP contribution in [-0.2, 0) is 10.8 Å². The lowest BCUT2D eigenvalue weighted by molar-refractivity contribution is 0.332. The Bertz CT molecular complexity index is 772. The Balaban J connectivity index is 0.00000196. The van der Waals surface area contributed by atoms with E-state index in [1.54, 1.807) is 0 Å². The van der Waals surface area contributed by atoms with Gasteiger partial charge in [0.2, 0.25) is 5.89 Å². The predicted octanol–water partition coefficient (Wildman–Crippen LogP) is 5.58. The van der Waals surface area contributed by atoms with E-state index in [4.69, 9.17) is 9.40 Å². The van der Waals surface area contributed by atoms with E-state index in [0.717, 1.165) is 43.1 Å². The van der Waals surface area contributed by atoms with E-state index in [9.17, 15) is 0 Å². The fourth-order valence-electron chi connectivity index (χ4n) is 4.45. The molecule has 0 atom stereocenters. The summed E-state index contributed by atoms with van der Waals surface area (Å²) in [4.78, 5) is 4.84. The molecule has 0 radical (unpaired) electrons. The van der Waals surface area contributed by atoms with Crippen molar-refractivity contribution in [3.05, 3.63) is 41.3 Å². The summed E-state index contributed by atoms with van der Waals surface area (Å²) in [6.45, 7) is 11.6. The average Bonchev–Trinajstić information content (AvgIpc) is 3.10. The number of nitrogens with zero attached hydrogens (tertiary/aromatic N) is 1. The van der Waals surface area contributed by atoms with Gasteiger partial charge in [0.25, 0.3) is 0 Å². The Morgan fingerprint density at radius 2 is 1.65 bits per heavy atom. The molecule has 1 aromatic heterocycles. The quantitative estimate of drug-likeness (QED) is 0.745.